The maximum absolute atomic E-state index is 11.0. The highest BCUT2D eigenvalue weighted by atomic mass is 35.5. The molecule has 4 nitrogen and oxygen atoms in total. The van der Waals surface area contributed by atoms with Crippen LogP contribution in [-0.4, -0.2) is 20.2 Å². The number of pyridine rings is 2. The van der Waals surface area contributed by atoms with Crippen LogP contribution in [0.1, 0.15) is 28.3 Å². The molecule has 0 saturated heterocycles. The van der Waals surface area contributed by atoms with Gasteiger partial charge in [0, 0.05) is 40.7 Å². The number of fused-ring (bicyclic) bond motifs is 1. The molecule has 4 aromatic rings. The van der Waals surface area contributed by atoms with E-state index in [0.29, 0.717) is 22.7 Å². The van der Waals surface area contributed by atoms with Gasteiger partial charge < -0.3 is 10.2 Å². The number of phenols is 1. The van der Waals surface area contributed by atoms with Gasteiger partial charge in [0.15, 0.2) is 0 Å². The Morgan fingerprint density at radius 2 is 1.79 bits per heavy atom. The highest BCUT2D eigenvalue weighted by Crippen LogP contribution is 2.38. The van der Waals surface area contributed by atoms with Gasteiger partial charge in [0.25, 0.3) is 0 Å². The van der Waals surface area contributed by atoms with Gasteiger partial charge in [-0.2, -0.15) is 0 Å². The van der Waals surface area contributed by atoms with Crippen LogP contribution in [0.3, 0.4) is 0 Å². The minimum Gasteiger partial charge on any atom is -0.506 e. The van der Waals surface area contributed by atoms with Crippen molar-refractivity contribution < 1.29 is 10.2 Å². The lowest BCUT2D eigenvalue weighted by Crippen LogP contribution is -2.07. The minimum atomic E-state index is -0.217. The van der Waals surface area contributed by atoms with Gasteiger partial charge in [0.05, 0.1) is 5.69 Å². The lowest BCUT2D eigenvalue weighted by molar-refractivity contribution is 0.457. The second-order valence-electron chi connectivity index (χ2n) is 6.87. The van der Waals surface area contributed by atoms with Gasteiger partial charge in [0.2, 0.25) is 0 Å². The first kappa shape index (κ1) is 18.3. The van der Waals surface area contributed by atoms with Crippen molar-refractivity contribution in [3.05, 3.63) is 94.4 Å². The summed E-state index contributed by atoms with van der Waals surface area (Å²) in [6.45, 7) is 1.97. The van der Waals surface area contributed by atoms with E-state index in [0.717, 1.165) is 22.1 Å². The van der Waals surface area contributed by atoms with Crippen LogP contribution in [0.15, 0.2) is 67.0 Å². The fraction of sp³-hybridized carbons (Fsp3) is 0.130. The number of aromatic hydroxyl groups is 2. The van der Waals surface area contributed by atoms with Gasteiger partial charge in [-0.3, -0.25) is 9.97 Å². The number of halogens is 1. The number of rotatable bonds is 4. The van der Waals surface area contributed by atoms with Crippen molar-refractivity contribution in [2.45, 2.75) is 19.3 Å². The standard InChI is InChI=1S/C23H19ClN2O2/c1-14-11-16-6-9-18(23(28)22(16)26-13-14)19(15-4-7-17(24)8-5-15)12-20-21(27)3-2-10-25-20/h2-11,13,19,27-28H,12H2,1H3. The first-order chi connectivity index (χ1) is 13.5. The van der Waals surface area contributed by atoms with Crippen molar-refractivity contribution in [1.82, 2.24) is 9.97 Å². The number of hydrogen-bond donors (Lipinski definition) is 2. The minimum absolute atomic E-state index is 0.135. The average molecular weight is 391 g/mol. The molecule has 1 atom stereocenters. The van der Waals surface area contributed by atoms with Crippen molar-refractivity contribution >= 4 is 22.5 Å². The van der Waals surface area contributed by atoms with Crippen LogP contribution >= 0.6 is 11.6 Å². The predicted molar refractivity (Wildman–Crippen MR) is 111 cm³/mol. The van der Waals surface area contributed by atoms with E-state index >= 15 is 0 Å². The Hall–Kier alpha value is -3.11. The summed E-state index contributed by atoms with van der Waals surface area (Å²) in [6.07, 6.45) is 3.82. The molecule has 5 heteroatoms. The van der Waals surface area contributed by atoms with Crippen LogP contribution in [-0.2, 0) is 6.42 Å². The summed E-state index contributed by atoms with van der Waals surface area (Å²) in [5.41, 5.74) is 3.87. The molecule has 140 valence electrons. The van der Waals surface area contributed by atoms with E-state index in [4.69, 9.17) is 11.6 Å². The summed E-state index contributed by atoms with van der Waals surface area (Å²) in [5.74, 6) is 0.0638. The molecule has 0 fully saturated rings. The number of phenolic OH excluding ortho intramolecular Hbond substituents is 1. The maximum atomic E-state index is 11.0. The number of aromatic nitrogens is 2. The Kier molecular flexibility index (Phi) is 4.88. The van der Waals surface area contributed by atoms with Gasteiger partial charge in [-0.25, -0.2) is 0 Å². The molecular formula is C23H19ClN2O2. The molecule has 0 spiro atoms. The van der Waals surface area contributed by atoms with E-state index in [1.165, 1.54) is 0 Å². The summed E-state index contributed by atoms with van der Waals surface area (Å²) in [5, 5.41) is 22.7. The zero-order chi connectivity index (χ0) is 19.7. The largest absolute Gasteiger partial charge is 0.506 e. The molecule has 4 rings (SSSR count). The monoisotopic (exact) mass is 390 g/mol. The van der Waals surface area contributed by atoms with Gasteiger partial charge >= 0.3 is 0 Å². The van der Waals surface area contributed by atoms with Crippen molar-refractivity contribution in [3.63, 3.8) is 0 Å². The van der Waals surface area contributed by atoms with Crippen LogP contribution in [0.5, 0.6) is 11.5 Å². The Morgan fingerprint density at radius 1 is 1.00 bits per heavy atom. The zero-order valence-corrected chi connectivity index (χ0v) is 16.1. The molecule has 2 N–H and O–H groups in total. The van der Waals surface area contributed by atoms with Crippen molar-refractivity contribution in [2.75, 3.05) is 0 Å². The third-order valence-corrected chi connectivity index (χ3v) is 5.16. The summed E-state index contributed by atoms with van der Waals surface area (Å²) >= 11 is 6.06. The van der Waals surface area contributed by atoms with Crippen LogP contribution in [0, 0.1) is 6.92 Å². The van der Waals surface area contributed by atoms with Crippen LogP contribution in [0.4, 0.5) is 0 Å². The highest BCUT2D eigenvalue weighted by Gasteiger charge is 2.22. The molecule has 0 amide bonds. The molecule has 0 aliphatic carbocycles. The predicted octanol–water partition coefficient (Wildman–Crippen LogP) is 5.38. The number of benzene rings is 2. The third kappa shape index (κ3) is 3.51. The SMILES string of the molecule is Cc1cnc2c(O)c(C(Cc3ncccc3O)c3ccc(Cl)cc3)ccc2c1. The van der Waals surface area contributed by atoms with Crippen LogP contribution in [0.2, 0.25) is 5.02 Å². The molecule has 28 heavy (non-hydrogen) atoms. The van der Waals surface area contributed by atoms with Crippen LogP contribution in [0.25, 0.3) is 10.9 Å². The fourth-order valence-corrected chi connectivity index (χ4v) is 3.60. The topological polar surface area (TPSA) is 66.2 Å². The highest BCUT2D eigenvalue weighted by molar-refractivity contribution is 6.30. The molecule has 0 radical (unpaired) electrons. The molecule has 0 aliphatic rings. The Morgan fingerprint density at radius 3 is 2.54 bits per heavy atom. The average Bonchev–Trinajstić information content (AvgIpc) is 2.69. The normalized spacial score (nSPS) is 12.2. The molecule has 2 aromatic heterocycles. The Bertz CT molecular complexity index is 1140. The summed E-state index contributed by atoms with van der Waals surface area (Å²) in [6, 6.07) is 16.7. The molecular weight excluding hydrogens is 372 g/mol. The van der Waals surface area contributed by atoms with Gasteiger partial charge in [0.1, 0.15) is 17.0 Å². The third-order valence-electron chi connectivity index (χ3n) is 4.91. The van der Waals surface area contributed by atoms with Gasteiger partial charge in [-0.1, -0.05) is 35.9 Å². The van der Waals surface area contributed by atoms with E-state index in [1.807, 2.05) is 49.4 Å². The first-order valence-electron chi connectivity index (χ1n) is 8.99. The van der Waals surface area contributed by atoms with E-state index in [9.17, 15) is 10.2 Å². The smallest absolute Gasteiger partial charge is 0.145 e. The fourth-order valence-electron chi connectivity index (χ4n) is 3.48. The van der Waals surface area contributed by atoms with Crippen molar-refractivity contribution in [2.24, 2.45) is 0 Å². The van der Waals surface area contributed by atoms with Gasteiger partial charge in [-0.05, 0) is 48.4 Å². The molecule has 2 heterocycles. The quantitative estimate of drug-likeness (QED) is 0.491. The molecule has 2 aromatic carbocycles. The summed E-state index contributed by atoms with van der Waals surface area (Å²) in [4.78, 5) is 8.74. The second kappa shape index (κ2) is 7.49. The Balaban J connectivity index is 1.86. The van der Waals surface area contributed by atoms with Crippen molar-refractivity contribution in [1.29, 1.82) is 0 Å². The Labute approximate surface area is 168 Å². The van der Waals surface area contributed by atoms with E-state index in [1.54, 1.807) is 24.5 Å². The molecule has 0 saturated carbocycles. The molecule has 0 aliphatic heterocycles. The zero-order valence-electron chi connectivity index (χ0n) is 15.3. The second-order valence-corrected chi connectivity index (χ2v) is 7.30. The first-order valence-corrected chi connectivity index (χ1v) is 9.37. The van der Waals surface area contributed by atoms with E-state index < -0.39 is 0 Å². The maximum Gasteiger partial charge on any atom is 0.145 e. The van der Waals surface area contributed by atoms with E-state index in [-0.39, 0.29) is 17.4 Å². The van der Waals surface area contributed by atoms with Gasteiger partial charge in [-0.15, -0.1) is 0 Å². The summed E-state index contributed by atoms with van der Waals surface area (Å²) < 4.78 is 0. The van der Waals surface area contributed by atoms with Crippen LogP contribution < -0.4 is 0 Å². The van der Waals surface area contributed by atoms with Crippen molar-refractivity contribution in [3.8, 4) is 11.5 Å². The molecule has 1 unspecified atom stereocenters. The number of nitrogens with zero attached hydrogens (tertiary/aromatic N) is 2. The lowest BCUT2D eigenvalue weighted by Gasteiger charge is -2.20. The number of aryl methyl sites for hydroxylation is 1. The number of hydrogen-bond acceptors (Lipinski definition) is 4. The molecule has 0 bridgehead atoms. The summed E-state index contributed by atoms with van der Waals surface area (Å²) in [7, 11) is 0. The van der Waals surface area contributed by atoms with E-state index in [2.05, 4.69) is 9.97 Å². The lowest BCUT2D eigenvalue weighted by atomic mass is 9.86.